The van der Waals surface area contributed by atoms with Gasteiger partial charge in [-0.1, -0.05) is 11.6 Å². The topological polar surface area (TPSA) is 114 Å². The zero-order valence-electron chi connectivity index (χ0n) is 26.2. The minimum absolute atomic E-state index is 0.0506. The molecule has 2 fully saturated rings. The van der Waals surface area contributed by atoms with Crippen molar-refractivity contribution in [1.29, 1.82) is 0 Å². The van der Waals surface area contributed by atoms with E-state index in [2.05, 4.69) is 70.6 Å². The van der Waals surface area contributed by atoms with Crippen molar-refractivity contribution >= 4 is 44.6 Å². The monoisotopic (exact) mass is 629 g/mol. The predicted molar refractivity (Wildman–Crippen MR) is 172 cm³/mol. The van der Waals surface area contributed by atoms with Crippen LogP contribution in [0, 0.1) is 6.92 Å². The molecule has 10 nitrogen and oxygen atoms in total. The number of hydrogen-bond donors (Lipinski definition) is 2. The Balaban J connectivity index is 1.39. The van der Waals surface area contributed by atoms with Crippen LogP contribution in [0.5, 0.6) is 5.75 Å². The number of halogens is 1. The van der Waals surface area contributed by atoms with Gasteiger partial charge in [0.1, 0.15) is 10.8 Å². The van der Waals surface area contributed by atoms with E-state index in [0.717, 1.165) is 37.1 Å². The van der Waals surface area contributed by atoms with Crippen molar-refractivity contribution < 1.29 is 13.2 Å². The van der Waals surface area contributed by atoms with Gasteiger partial charge in [-0.25, -0.2) is 13.4 Å². The zero-order valence-corrected chi connectivity index (χ0v) is 27.8. The van der Waals surface area contributed by atoms with Gasteiger partial charge in [0.05, 0.1) is 28.9 Å². The molecule has 0 bridgehead atoms. The average molecular weight is 630 g/mol. The number of anilines is 4. The van der Waals surface area contributed by atoms with Gasteiger partial charge in [-0.15, -0.1) is 0 Å². The maximum absolute atomic E-state index is 12.9. The fraction of sp³-hybridized carbons (Fsp3) is 0.581. The Morgan fingerprint density at radius 1 is 1.05 bits per heavy atom. The van der Waals surface area contributed by atoms with Crippen LogP contribution in [-0.4, -0.2) is 63.6 Å². The predicted octanol–water partition coefficient (Wildman–Crippen LogP) is 6.75. The molecule has 2 aliphatic rings. The van der Waals surface area contributed by atoms with E-state index in [9.17, 15) is 8.42 Å². The lowest BCUT2D eigenvalue weighted by Crippen LogP contribution is -2.39. The first-order valence-corrected chi connectivity index (χ1v) is 17.1. The molecule has 2 heterocycles. The van der Waals surface area contributed by atoms with Crippen LogP contribution >= 0.6 is 11.6 Å². The second-order valence-electron chi connectivity index (χ2n) is 12.5. The maximum atomic E-state index is 12.9. The van der Waals surface area contributed by atoms with Crippen molar-refractivity contribution in [3.63, 3.8) is 0 Å². The Labute approximate surface area is 260 Å². The number of ether oxygens (including phenoxy) is 1. The molecule has 0 radical (unpaired) electrons. The third kappa shape index (κ3) is 7.10. The third-order valence-electron chi connectivity index (χ3n) is 8.64. The summed E-state index contributed by atoms with van der Waals surface area (Å²) in [6.07, 6.45) is 10.1. The average Bonchev–Trinajstić information content (AvgIpc) is 3.70. The molecule has 1 aromatic carbocycles. The van der Waals surface area contributed by atoms with Gasteiger partial charge < -0.3 is 20.3 Å². The van der Waals surface area contributed by atoms with Gasteiger partial charge in [0.15, 0.2) is 5.82 Å². The summed E-state index contributed by atoms with van der Waals surface area (Å²) in [4.78, 5) is 11.5. The van der Waals surface area contributed by atoms with Crippen LogP contribution in [-0.2, 0) is 16.9 Å². The summed E-state index contributed by atoms with van der Waals surface area (Å²) in [5.74, 6) is 1.89. The summed E-state index contributed by atoms with van der Waals surface area (Å²) in [5, 5.41) is 10.2. The number of aryl methyl sites for hydroxylation is 2. The van der Waals surface area contributed by atoms with Crippen LogP contribution in [0.3, 0.4) is 0 Å². The highest BCUT2D eigenvalue weighted by Gasteiger charge is 2.30. The molecular formula is C31H44ClN7O3S. The highest BCUT2D eigenvalue weighted by Crippen LogP contribution is 2.42. The number of nitrogens with one attached hydrogen (secondary N) is 2. The fourth-order valence-electron chi connectivity index (χ4n) is 5.67. The molecule has 0 spiro atoms. The lowest BCUT2D eigenvalue weighted by molar-refractivity contribution is 0.148. The Morgan fingerprint density at radius 3 is 2.37 bits per heavy atom. The molecule has 0 aliphatic heterocycles. The molecule has 2 aliphatic carbocycles. The minimum Gasteiger partial charge on any atom is -0.488 e. The number of rotatable bonds is 11. The molecule has 2 N–H and O–H groups in total. The van der Waals surface area contributed by atoms with E-state index in [1.54, 1.807) is 27.1 Å². The normalized spacial score (nSPS) is 19.3. The molecule has 0 unspecified atom stereocenters. The molecule has 0 amide bonds. The fourth-order valence-corrected chi connectivity index (χ4v) is 6.91. The smallest absolute Gasteiger partial charge is 0.229 e. The second-order valence-corrected chi connectivity index (χ2v) is 15.4. The van der Waals surface area contributed by atoms with E-state index in [0.29, 0.717) is 29.6 Å². The van der Waals surface area contributed by atoms with Crippen LogP contribution in [0.2, 0.25) is 5.02 Å². The van der Waals surface area contributed by atoms with E-state index in [4.69, 9.17) is 16.3 Å². The first kappa shape index (κ1) is 31.5. The third-order valence-corrected chi connectivity index (χ3v) is 11.0. The minimum atomic E-state index is -3.63. The summed E-state index contributed by atoms with van der Waals surface area (Å²) in [6.45, 7) is 9.93. The highest BCUT2D eigenvalue weighted by molar-refractivity contribution is 7.92. The van der Waals surface area contributed by atoms with Crippen LogP contribution in [0.4, 0.5) is 23.1 Å². The molecule has 3 aromatic rings. The summed E-state index contributed by atoms with van der Waals surface area (Å²) < 4.78 is 33.7. The molecule has 234 valence electrons. The lowest BCUT2D eigenvalue weighted by Gasteiger charge is -2.37. The Hall–Kier alpha value is -2.89. The van der Waals surface area contributed by atoms with Gasteiger partial charge >= 0.3 is 0 Å². The van der Waals surface area contributed by atoms with Gasteiger partial charge in [-0.2, -0.15) is 10.1 Å². The second kappa shape index (κ2) is 12.6. The van der Waals surface area contributed by atoms with Crippen LogP contribution in [0.25, 0.3) is 0 Å². The van der Waals surface area contributed by atoms with E-state index in [-0.39, 0.29) is 22.0 Å². The van der Waals surface area contributed by atoms with E-state index in [1.807, 2.05) is 0 Å². The van der Waals surface area contributed by atoms with Crippen molar-refractivity contribution in [3.05, 3.63) is 40.7 Å². The van der Waals surface area contributed by atoms with Crippen LogP contribution in [0.15, 0.2) is 29.6 Å². The standard InChI is InChI=1S/C31H44ClN7O3S/c1-18(2)39(7)22-10-8-21(9-11-22)24-15-28(42-23-12-13-23)26(14-20(24)5)35-31-33-16-25(32)29(36-31)34-27-17-38(6)37-30(27)43(40,41)19(3)4/h14-19,21-23H,8-13H2,1-7H3,(H2,33,34,35,36). The van der Waals surface area contributed by atoms with Crippen molar-refractivity contribution in [2.75, 3.05) is 17.7 Å². The highest BCUT2D eigenvalue weighted by atomic mass is 35.5. The van der Waals surface area contributed by atoms with E-state index >= 15 is 0 Å². The quantitative estimate of drug-likeness (QED) is 0.238. The summed E-state index contributed by atoms with van der Waals surface area (Å²) >= 11 is 6.45. The first-order chi connectivity index (χ1) is 20.3. The number of aromatic nitrogens is 4. The molecule has 12 heteroatoms. The first-order valence-electron chi connectivity index (χ1n) is 15.2. The van der Waals surface area contributed by atoms with Crippen molar-refractivity contribution in [2.24, 2.45) is 7.05 Å². The van der Waals surface area contributed by atoms with Crippen molar-refractivity contribution in [2.45, 2.75) is 108 Å². The zero-order chi connectivity index (χ0) is 31.1. The van der Waals surface area contributed by atoms with E-state index in [1.165, 1.54) is 34.8 Å². The molecule has 0 atom stereocenters. The Morgan fingerprint density at radius 2 is 1.74 bits per heavy atom. The van der Waals surface area contributed by atoms with Gasteiger partial charge in [0.25, 0.3) is 0 Å². The van der Waals surface area contributed by atoms with Crippen molar-refractivity contribution in [3.8, 4) is 5.75 Å². The van der Waals surface area contributed by atoms with Gasteiger partial charge in [0, 0.05) is 25.3 Å². The number of hydrogen-bond acceptors (Lipinski definition) is 9. The number of benzene rings is 1. The molecule has 5 rings (SSSR count). The lowest BCUT2D eigenvalue weighted by atomic mass is 9.79. The Kier molecular flexibility index (Phi) is 9.25. The molecular weight excluding hydrogens is 586 g/mol. The van der Waals surface area contributed by atoms with Crippen LogP contribution < -0.4 is 15.4 Å². The summed E-state index contributed by atoms with van der Waals surface area (Å²) in [7, 11) is 0.276. The van der Waals surface area contributed by atoms with Crippen LogP contribution in [0.1, 0.15) is 83.3 Å². The molecule has 0 saturated heterocycles. The summed E-state index contributed by atoms with van der Waals surface area (Å²) in [5.41, 5.74) is 3.65. The summed E-state index contributed by atoms with van der Waals surface area (Å²) in [6, 6.07) is 5.52. The Bertz CT molecular complexity index is 1560. The van der Waals surface area contributed by atoms with Gasteiger partial charge in [-0.3, -0.25) is 4.68 Å². The van der Waals surface area contributed by atoms with Crippen molar-refractivity contribution in [1.82, 2.24) is 24.6 Å². The largest absolute Gasteiger partial charge is 0.488 e. The molecule has 2 aromatic heterocycles. The van der Waals surface area contributed by atoms with Gasteiger partial charge in [-0.05, 0) is 109 Å². The molecule has 2 saturated carbocycles. The number of nitrogens with zero attached hydrogens (tertiary/aromatic N) is 5. The maximum Gasteiger partial charge on any atom is 0.229 e. The SMILES string of the molecule is Cc1cc(Nc2ncc(Cl)c(Nc3cn(C)nc3S(=O)(=O)C(C)C)n2)c(OC2CC2)cc1C1CCC(N(C)C(C)C)CC1. The van der Waals surface area contributed by atoms with Gasteiger partial charge in [0.2, 0.25) is 20.8 Å². The molecule has 43 heavy (non-hydrogen) atoms. The van der Waals surface area contributed by atoms with E-state index < -0.39 is 15.1 Å². The number of sulfone groups is 1.